The molecular formula is C22H24N6O2S. The number of anilines is 1. The van der Waals surface area contributed by atoms with Gasteiger partial charge in [-0.25, -0.2) is 4.79 Å². The van der Waals surface area contributed by atoms with Crippen LogP contribution in [0, 0.1) is 6.92 Å². The first-order valence-electron chi connectivity index (χ1n) is 9.98. The number of aromatic nitrogens is 5. The molecule has 9 heteroatoms. The molecule has 0 aliphatic heterocycles. The lowest BCUT2D eigenvalue weighted by Gasteiger charge is -2.09. The van der Waals surface area contributed by atoms with Crippen molar-refractivity contribution in [1.29, 1.82) is 0 Å². The van der Waals surface area contributed by atoms with Crippen molar-refractivity contribution < 1.29 is 4.79 Å². The van der Waals surface area contributed by atoms with Gasteiger partial charge in [0.2, 0.25) is 5.91 Å². The van der Waals surface area contributed by atoms with Crippen molar-refractivity contribution in [3.05, 3.63) is 58.5 Å². The molecule has 0 saturated carbocycles. The quantitative estimate of drug-likeness (QED) is 0.469. The third-order valence-corrected chi connectivity index (χ3v) is 6.27. The van der Waals surface area contributed by atoms with Gasteiger partial charge in [0.05, 0.1) is 16.8 Å². The maximum Gasteiger partial charge on any atom is 0.328 e. The summed E-state index contributed by atoms with van der Waals surface area (Å²) in [4.78, 5) is 24.6. The van der Waals surface area contributed by atoms with Gasteiger partial charge < -0.3 is 9.88 Å². The Kier molecular flexibility index (Phi) is 5.69. The summed E-state index contributed by atoms with van der Waals surface area (Å²) < 4.78 is 5.17. The molecule has 0 atom stereocenters. The molecule has 31 heavy (non-hydrogen) atoms. The zero-order valence-electron chi connectivity index (χ0n) is 17.9. The van der Waals surface area contributed by atoms with E-state index >= 15 is 0 Å². The highest BCUT2D eigenvalue weighted by Crippen LogP contribution is 2.26. The molecule has 8 nitrogen and oxygen atoms in total. The van der Waals surface area contributed by atoms with Gasteiger partial charge in [0, 0.05) is 31.9 Å². The van der Waals surface area contributed by atoms with E-state index in [1.807, 2.05) is 54.8 Å². The Hall–Kier alpha value is -3.33. The largest absolute Gasteiger partial charge is 0.328 e. The van der Waals surface area contributed by atoms with E-state index in [4.69, 9.17) is 0 Å². The monoisotopic (exact) mass is 436 g/mol. The lowest BCUT2D eigenvalue weighted by molar-refractivity contribution is -0.113. The number of fused-ring (bicyclic) bond motifs is 1. The van der Waals surface area contributed by atoms with Crippen LogP contribution < -0.4 is 11.0 Å². The van der Waals surface area contributed by atoms with Crippen LogP contribution in [0.15, 0.2) is 52.4 Å². The number of amides is 1. The highest BCUT2D eigenvalue weighted by Gasteiger charge is 2.16. The smallest absolute Gasteiger partial charge is 0.325 e. The Labute approximate surface area is 183 Å². The SMILES string of the molecule is CCn1c(SCC(=O)Nc2ccc3c(c2)n(C)c(=O)n3C)nnc1-c1ccccc1C. The van der Waals surface area contributed by atoms with Crippen LogP contribution >= 0.6 is 11.8 Å². The number of aryl methyl sites for hydroxylation is 3. The lowest BCUT2D eigenvalue weighted by atomic mass is 10.1. The molecule has 0 radical (unpaired) electrons. The van der Waals surface area contributed by atoms with E-state index in [1.165, 1.54) is 11.8 Å². The number of rotatable bonds is 6. The lowest BCUT2D eigenvalue weighted by Crippen LogP contribution is -2.19. The van der Waals surface area contributed by atoms with Crippen LogP contribution in [0.2, 0.25) is 0 Å². The van der Waals surface area contributed by atoms with E-state index in [-0.39, 0.29) is 17.3 Å². The number of imidazole rings is 1. The number of carbonyl (C=O) groups is 1. The normalized spacial score (nSPS) is 11.2. The van der Waals surface area contributed by atoms with Crippen molar-refractivity contribution in [1.82, 2.24) is 23.9 Å². The van der Waals surface area contributed by atoms with Gasteiger partial charge in [-0.1, -0.05) is 36.0 Å². The van der Waals surface area contributed by atoms with Crippen LogP contribution in [0.5, 0.6) is 0 Å². The maximum absolute atomic E-state index is 12.5. The highest BCUT2D eigenvalue weighted by atomic mass is 32.2. The number of benzene rings is 2. The summed E-state index contributed by atoms with van der Waals surface area (Å²) in [6.45, 7) is 4.79. The van der Waals surface area contributed by atoms with Crippen LogP contribution in [0.25, 0.3) is 22.4 Å². The summed E-state index contributed by atoms with van der Waals surface area (Å²) in [7, 11) is 3.45. The van der Waals surface area contributed by atoms with Gasteiger partial charge in [-0.3, -0.25) is 13.9 Å². The second kappa shape index (κ2) is 8.43. The summed E-state index contributed by atoms with van der Waals surface area (Å²) >= 11 is 1.35. The molecule has 0 aliphatic carbocycles. The molecule has 0 spiro atoms. The standard InChI is InChI=1S/C22H24N6O2S/c1-5-28-20(16-9-7-6-8-14(16)2)24-25-21(28)31-13-19(29)23-15-10-11-17-18(12-15)27(4)22(30)26(17)3/h6-12H,5,13H2,1-4H3,(H,23,29). The molecule has 0 saturated heterocycles. The molecule has 2 heterocycles. The second-order valence-corrected chi connectivity index (χ2v) is 8.25. The van der Waals surface area contributed by atoms with Crippen molar-refractivity contribution in [3.63, 3.8) is 0 Å². The molecular weight excluding hydrogens is 412 g/mol. The molecule has 4 rings (SSSR count). The Morgan fingerprint density at radius 2 is 1.81 bits per heavy atom. The third kappa shape index (κ3) is 3.88. The fourth-order valence-corrected chi connectivity index (χ4v) is 4.42. The minimum Gasteiger partial charge on any atom is -0.325 e. The number of hydrogen-bond donors (Lipinski definition) is 1. The van der Waals surface area contributed by atoms with Gasteiger partial charge in [0.1, 0.15) is 0 Å². The van der Waals surface area contributed by atoms with E-state index in [2.05, 4.69) is 15.5 Å². The van der Waals surface area contributed by atoms with Crippen molar-refractivity contribution in [2.45, 2.75) is 25.5 Å². The first-order valence-corrected chi connectivity index (χ1v) is 11.0. The summed E-state index contributed by atoms with van der Waals surface area (Å²) in [6, 6.07) is 13.5. The van der Waals surface area contributed by atoms with Crippen molar-refractivity contribution in [2.75, 3.05) is 11.1 Å². The summed E-state index contributed by atoms with van der Waals surface area (Å²) in [5, 5.41) is 12.3. The average Bonchev–Trinajstić information content (AvgIpc) is 3.27. The molecule has 2 aromatic carbocycles. The van der Waals surface area contributed by atoms with Crippen LogP contribution in [0.1, 0.15) is 12.5 Å². The Balaban J connectivity index is 1.48. The molecule has 0 aliphatic rings. The van der Waals surface area contributed by atoms with Crippen LogP contribution in [-0.2, 0) is 25.4 Å². The van der Waals surface area contributed by atoms with Crippen molar-refractivity contribution in [3.8, 4) is 11.4 Å². The third-order valence-electron chi connectivity index (χ3n) is 5.31. The number of hydrogen-bond acceptors (Lipinski definition) is 5. The number of thioether (sulfide) groups is 1. The molecule has 0 bridgehead atoms. The molecule has 2 aromatic heterocycles. The Morgan fingerprint density at radius 3 is 2.55 bits per heavy atom. The predicted octanol–water partition coefficient (Wildman–Crippen LogP) is 3.19. The van der Waals surface area contributed by atoms with Crippen LogP contribution in [0.4, 0.5) is 5.69 Å². The van der Waals surface area contributed by atoms with Gasteiger partial charge in [-0.2, -0.15) is 0 Å². The number of nitrogens with zero attached hydrogens (tertiary/aromatic N) is 5. The van der Waals surface area contributed by atoms with Gasteiger partial charge in [0.15, 0.2) is 11.0 Å². The fraction of sp³-hybridized carbons (Fsp3) is 0.273. The van der Waals surface area contributed by atoms with E-state index in [9.17, 15) is 9.59 Å². The topological polar surface area (TPSA) is 86.7 Å². The zero-order valence-corrected chi connectivity index (χ0v) is 18.7. The molecule has 1 amide bonds. The predicted molar refractivity (Wildman–Crippen MR) is 123 cm³/mol. The highest BCUT2D eigenvalue weighted by molar-refractivity contribution is 7.99. The van der Waals surface area contributed by atoms with Gasteiger partial charge >= 0.3 is 5.69 Å². The minimum absolute atomic E-state index is 0.0996. The Bertz CT molecular complexity index is 1330. The van der Waals surface area contributed by atoms with E-state index in [0.717, 1.165) is 28.0 Å². The first-order chi connectivity index (χ1) is 14.9. The van der Waals surface area contributed by atoms with E-state index < -0.39 is 0 Å². The van der Waals surface area contributed by atoms with E-state index in [1.54, 1.807) is 29.3 Å². The van der Waals surface area contributed by atoms with Gasteiger partial charge in [-0.05, 0) is 37.6 Å². The van der Waals surface area contributed by atoms with Crippen molar-refractivity contribution >= 4 is 34.4 Å². The Morgan fingerprint density at radius 1 is 1.06 bits per heavy atom. The second-order valence-electron chi connectivity index (χ2n) is 7.31. The molecule has 160 valence electrons. The molecule has 4 aromatic rings. The summed E-state index contributed by atoms with van der Waals surface area (Å²) in [5.41, 5.74) is 4.31. The summed E-state index contributed by atoms with van der Waals surface area (Å²) in [6.07, 6.45) is 0. The van der Waals surface area contributed by atoms with Crippen LogP contribution in [-0.4, -0.2) is 35.6 Å². The molecule has 0 unspecified atom stereocenters. The fourth-order valence-electron chi connectivity index (χ4n) is 3.62. The zero-order chi connectivity index (χ0) is 22.1. The number of carbonyl (C=O) groups excluding carboxylic acids is 1. The summed E-state index contributed by atoms with van der Waals surface area (Å²) in [5.74, 6) is 0.866. The van der Waals surface area contributed by atoms with Gasteiger partial charge in [-0.15, -0.1) is 10.2 Å². The van der Waals surface area contributed by atoms with Crippen molar-refractivity contribution in [2.24, 2.45) is 14.1 Å². The number of nitrogens with one attached hydrogen (secondary N) is 1. The maximum atomic E-state index is 12.5. The van der Waals surface area contributed by atoms with Crippen LogP contribution in [0.3, 0.4) is 0 Å². The average molecular weight is 437 g/mol. The molecule has 0 fully saturated rings. The van der Waals surface area contributed by atoms with Gasteiger partial charge in [0.25, 0.3) is 0 Å². The molecule has 1 N–H and O–H groups in total. The first kappa shape index (κ1) is 20.9. The van der Waals surface area contributed by atoms with E-state index in [0.29, 0.717) is 17.4 Å². The minimum atomic E-state index is -0.145.